The van der Waals surface area contributed by atoms with Crippen LogP contribution in [0.1, 0.15) is 17.3 Å². The summed E-state index contributed by atoms with van der Waals surface area (Å²) in [7, 11) is 0. The Kier molecular flexibility index (Phi) is 5.83. The van der Waals surface area contributed by atoms with Crippen LogP contribution in [0.2, 0.25) is 0 Å². The van der Waals surface area contributed by atoms with Crippen molar-refractivity contribution in [3.63, 3.8) is 0 Å². The van der Waals surface area contributed by atoms with E-state index in [1.807, 2.05) is 54.6 Å². The number of nitrogens with one attached hydrogen (secondary N) is 1. The van der Waals surface area contributed by atoms with Gasteiger partial charge < -0.3 is 5.32 Å². The maximum atomic E-state index is 12.4. The van der Waals surface area contributed by atoms with E-state index in [0.29, 0.717) is 11.3 Å². The molecule has 0 unspecified atom stereocenters. The number of benzene rings is 2. The van der Waals surface area contributed by atoms with Crippen LogP contribution in [-0.4, -0.2) is 21.9 Å². The summed E-state index contributed by atoms with van der Waals surface area (Å²) in [4.78, 5) is 12.4. The molecule has 0 aliphatic rings. The van der Waals surface area contributed by atoms with E-state index in [9.17, 15) is 4.79 Å². The fourth-order valence-corrected chi connectivity index (χ4v) is 3.32. The van der Waals surface area contributed by atoms with Crippen molar-refractivity contribution in [2.24, 2.45) is 0 Å². The van der Waals surface area contributed by atoms with Gasteiger partial charge in [-0.15, -0.1) is 22.0 Å². The zero-order chi connectivity index (χ0) is 17.6. The van der Waals surface area contributed by atoms with Crippen LogP contribution < -0.4 is 5.32 Å². The first-order valence-electron chi connectivity index (χ1n) is 7.80. The van der Waals surface area contributed by atoms with Crippen molar-refractivity contribution in [1.29, 1.82) is 0 Å². The molecule has 0 saturated heterocycles. The SMILES string of the molecule is CCSc1ccc(-c2cccc(NC(=O)c3ccccc3Br)c2)nn1. The molecule has 3 aromatic rings. The standard InChI is InChI=1S/C19H16BrN3OS/c1-2-25-18-11-10-17(22-23-18)13-6-5-7-14(12-13)21-19(24)15-8-3-4-9-16(15)20/h3-12H,2H2,1H3,(H,21,24). The minimum absolute atomic E-state index is 0.162. The molecule has 6 heteroatoms. The highest BCUT2D eigenvalue weighted by atomic mass is 79.9. The lowest BCUT2D eigenvalue weighted by Gasteiger charge is -2.08. The second-order valence-electron chi connectivity index (χ2n) is 5.20. The zero-order valence-electron chi connectivity index (χ0n) is 13.6. The van der Waals surface area contributed by atoms with Crippen molar-refractivity contribution >= 4 is 39.3 Å². The smallest absolute Gasteiger partial charge is 0.256 e. The molecule has 1 heterocycles. The summed E-state index contributed by atoms with van der Waals surface area (Å²) < 4.78 is 0.763. The van der Waals surface area contributed by atoms with Crippen molar-refractivity contribution in [3.05, 3.63) is 70.7 Å². The van der Waals surface area contributed by atoms with E-state index in [-0.39, 0.29) is 5.91 Å². The number of carbonyl (C=O) groups is 1. The second kappa shape index (κ2) is 8.27. The molecule has 126 valence electrons. The number of aromatic nitrogens is 2. The summed E-state index contributed by atoms with van der Waals surface area (Å²) in [6.45, 7) is 2.08. The lowest BCUT2D eigenvalue weighted by atomic mass is 10.1. The number of hydrogen-bond donors (Lipinski definition) is 1. The normalized spacial score (nSPS) is 10.5. The maximum absolute atomic E-state index is 12.4. The highest BCUT2D eigenvalue weighted by molar-refractivity contribution is 9.10. The maximum Gasteiger partial charge on any atom is 0.256 e. The quantitative estimate of drug-likeness (QED) is 0.578. The van der Waals surface area contributed by atoms with Gasteiger partial charge in [-0.25, -0.2) is 0 Å². The van der Waals surface area contributed by atoms with E-state index < -0.39 is 0 Å². The predicted molar refractivity (Wildman–Crippen MR) is 106 cm³/mol. The lowest BCUT2D eigenvalue weighted by molar-refractivity contribution is 0.102. The van der Waals surface area contributed by atoms with Crippen LogP contribution in [0.25, 0.3) is 11.3 Å². The Morgan fingerprint density at radius 1 is 1.08 bits per heavy atom. The van der Waals surface area contributed by atoms with Gasteiger partial charge in [0, 0.05) is 15.7 Å². The molecular weight excluding hydrogens is 398 g/mol. The van der Waals surface area contributed by atoms with Crippen LogP contribution in [0.3, 0.4) is 0 Å². The van der Waals surface area contributed by atoms with Gasteiger partial charge in [-0.2, -0.15) is 0 Å². The summed E-state index contributed by atoms with van der Waals surface area (Å²) in [6, 6.07) is 18.8. The molecule has 0 spiro atoms. The average molecular weight is 414 g/mol. The highest BCUT2D eigenvalue weighted by Crippen LogP contribution is 2.23. The van der Waals surface area contributed by atoms with Crippen molar-refractivity contribution in [2.75, 3.05) is 11.1 Å². The molecule has 1 N–H and O–H groups in total. The van der Waals surface area contributed by atoms with Crippen LogP contribution in [-0.2, 0) is 0 Å². The molecule has 0 saturated carbocycles. The number of hydrogen-bond acceptors (Lipinski definition) is 4. The van der Waals surface area contributed by atoms with Crippen LogP contribution in [0.15, 0.2) is 70.2 Å². The minimum atomic E-state index is -0.162. The van der Waals surface area contributed by atoms with Crippen molar-refractivity contribution in [2.45, 2.75) is 11.9 Å². The van der Waals surface area contributed by atoms with Crippen molar-refractivity contribution in [1.82, 2.24) is 10.2 Å². The van der Waals surface area contributed by atoms with E-state index >= 15 is 0 Å². The van der Waals surface area contributed by atoms with Gasteiger partial charge in [0.2, 0.25) is 0 Å². The van der Waals surface area contributed by atoms with Crippen LogP contribution in [0, 0.1) is 0 Å². The summed E-state index contributed by atoms with van der Waals surface area (Å²) in [5.41, 5.74) is 2.99. The first kappa shape index (κ1) is 17.6. The van der Waals surface area contributed by atoms with Gasteiger partial charge in [-0.05, 0) is 58.1 Å². The Morgan fingerprint density at radius 3 is 2.64 bits per heavy atom. The average Bonchev–Trinajstić information content (AvgIpc) is 2.63. The first-order valence-corrected chi connectivity index (χ1v) is 9.58. The van der Waals surface area contributed by atoms with Gasteiger partial charge in [0.05, 0.1) is 11.3 Å². The third kappa shape index (κ3) is 4.46. The van der Waals surface area contributed by atoms with Gasteiger partial charge in [-0.1, -0.05) is 31.2 Å². The Balaban J connectivity index is 1.79. The molecule has 3 rings (SSSR count). The van der Waals surface area contributed by atoms with Gasteiger partial charge in [0.25, 0.3) is 5.91 Å². The molecule has 1 aromatic heterocycles. The molecule has 0 aliphatic carbocycles. The van der Waals surface area contributed by atoms with Gasteiger partial charge in [-0.3, -0.25) is 4.79 Å². The highest BCUT2D eigenvalue weighted by Gasteiger charge is 2.10. The Hall–Kier alpha value is -2.18. The molecule has 2 aromatic carbocycles. The fourth-order valence-electron chi connectivity index (χ4n) is 2.30. The Morgan fingerprint density at radius 2 is 1.92 bits per heavy atom. The van der Waals surface area contributed by atoms with E-state index in [1.165, 1.54) is 0 Å². The van der Waals surface area contributed by atoms with Gasteiger partial charge in [0.1, 0.15) is 5.03 Å². The molecule has 0 aliphatic heterocycles. The van der Waals surface area contributed by atoms with Gasteiger partial charge >= 0.3 is 0 Å². The summed E-state index contributed by atoms with van der Waals surface area (Å²) >= 11 is 5.05. The van der Waals surface area contributed by atoms with E-state index in [4.69, 9.17) is 0 Å². The topological polar surface area (TPSA) is 54.9 Å². The van der Waals surface area contributed by atoms with Crippen LogP contribution >= 0.6 is 27.7 Å². The van der Waals surface area contributed by atoms with E-state index in [1.54, 1.807) is 17.8 Å². The minimum Gasteiger partial charge on any atom is -0.322 e. The number of amides is 1. The first-order chi connectivity index (χ1) is 12.2. The van der Waals surface area contributed by atoms with Gasteiger partial charge in [0.15, 0.2) is 0 Å². The molecule has 0 bridgehead atoms. The zero-order valence-corrected chi connectivity index (χ0v) is 16.0. The third-order valence-electron chi connectivity index (χ3n) is 3.47. The molecule has 0 fully saturated rings. The summed E-state index contributed by atoms with van der Waals surface area (Å²) in [5.74, 6) is 0.801. The van der Waals surface area contributed by atoms with Crippen LogP contribution in [0.4, 0.5) is 5.69 Å². The summed E-state index contributed by atoms with van der Waals surface area (Å²) in [5, 5.41) is 12.3. The van der Waals surface area contributed by atoms with Crippen LogP contribution in [0.5, 0.6) is 0 Å². The van der Waals surface area contributed by atoms with Crippen molar-refractivity contribution in [3.8, 4) is 11.3 Å². The van der Waals surface area contributed by atoms with E-state index in [2.05, 4.69) is 38.4 Å². The monoisotopic (exact) mass is 413 g/mol. The second-order valence-corrected chi connectivity index (χ2v) is 7.34. The number of anilines is 1. The molecule has 4 nitrogen and oxygen atoms in total. The molecule has 1 amide bonds. The largest absolute Gasteiger partial charge is 0.322 e. The van der Waals surface area contributed by atoms with E-state index in [0.717, 1.165) is 26.5 Å². The number of rotatable bonds is 5. The predicted octanol–water partition coefficient (Wildman–Crippen LogP) is 5.27. The number of halogens is 1. The third-order valence-corrected chi connectivity index (χ3v) is 4.96. The Bertz CT molecular complexity index is 884. The lowest BCUT2D eigenvalue weighted by Crippen LogP contribution is -2.12. The van der Waals surface area contributed by atoms with Crippen molar-refractivity contribution < 1.29 is 4.79 Å². The fraction of sp³-hybridized carbons (Fsp3) is 0.105. The summed E-state index contributed by atoms with van der Waals surface area (Å²) in [6.07, 6.45) is 0. The molecule has 25 heavy (non-hydrogen) atoms. The molecular formula is C19H16BrN3OS. The number of carbonyl (C=O) groups excluding carboxylic acids is 1. The number of nitrogens with zero attached hydrogens (tertiary/aromatic N) is 2. The number of thioether (sulfide) groups is 1. The molecule has 0 radical (unpaired) electrons. The Labute approximate surface area is 159 Å². The molecule has 0 atom stereocenters.